The minimum atomic E-state index is 0.876. The molecular weight excluding hydrogens is 731 g/mol. The Morgan fingerprint density at radius 1 is 0.283 bits per heavy atom. The predicted octanol–water partition coefficient (Wildman–Crippen LogP) is 14.1. The minimum absolute atomic E-state index is 0.876. The van der Waals surface area contributed by atoms with Gasteiger partial charge >= 0.3 is 0 Å². The summed E-state index contributed by atoms with van der Waals surface area (Å²) in [6, 6.07) is 73.1. The lowest BCUT2D eigenvalue weighted by Crippen LogP contribution is -2.04. The van der Waals surface area contributed by atoms with Gasteiger partial charge in [0.15, 0.2) is 0 Å². The number of para-hydroxylation sites is 8. The van der Waals surface area contributed by atoms with E-state index in [4.69, 9.17) is 4.98 Å². The molecule has 5 nitrogen and oxygen atoms in total. The third kappa shape index (κ3) is 4.03. The molecular formula is C55H33N5. The molecule has 14 aromatic rings. The summed E-state index contributed by atoms with van der Waals surface area (Å²) >= 11 is 0. The second kappa shape index (κ2) is 11.7. The van der Waals surface area contributed by atoms with Crippen LogP contribution in [0.4, 0.5) is 0 Å². The molecule has 0 fully saturated rings. The van der Waals surface area contributed by atoms with Crippen molar-refractivity contribution < 1.29 is 0 Å². The van der Waals surface area contributed by atoms with Crippen LogP contribution in [0.25, 0.3) is 121 Å². The van der Waals surface area contributed by atoms with Crippen molar-refractivity contribution in [3.63, 3.8) is 0 Å². The van der Waals surface area contributed by atoms with Crippen molar-refractivity contribution in [2.75, 3.05) is 0 Å². The molecule has 0 unspecified atom stereocenters. The molecule has 0 bridgehead atoms. The highest BCUT2D eigenvalue weighted by Crippen LogP contribution is 2.45. The summed E-state index contributed by atoms with van der Waals surface area (Å²) in [6.45, 7) is 0. The van der Waals surface area contributed by atoms with Crippen molar-refractivity contribution in [2.45, 2.75) is 0 Å². The molecule has 0 saturated heterocycles. The van der Waals surface area contributed by atoms with Gasteiger partial charge in [-0.25, -0.2) is 4.98 Å². The van der Waals surface area contributed by atoms with Crippen LogP contribution in [0.5, 0.6) is 0 Å². The molecule has 60 heavy (non-hydrogen) atoms. The Balaban J connectivity index is 1.30. The molecule has 0 atom stereocenters. The lowest BCUT2D eigenvalue weighted by molar-refractivity contribution is 1.06. The fraction of sp³-hybridized carbons (Fsp3) is 0. The third-order valence-electron chi connectivity index (χ3n) is 12.9. The average Bonchev–Trinajstić information content (AvgIpc) is 4.05. The van der Waals surface area contributed by atoms with Crippen LogP contribution in [0.15, 0.2) is 200 Å². The number of aromatic nitrogens is 5. The summed E-state index contributed by atoms with van der Waals surface area (Å²) in [5.74, 6) is 0.876. The maximum absolute atomic E-state index is 5.51. The van der Waals surface area contributed by atoms with Crippen LogP contribution in [0, 0.1) is 0 Å². The fourth-order valence-corrected chi connectivity index (χ4v) is 10.5. The Bertz CT molecular complexity index is 4140. The summed E-state index contributed by atoms with van der Waals surface area (Å²) in [7, 11) is 0. The standard InChI is InChI=1S/C55H33N5/c1-3-19-36-34(17-1)35-18-2-4-20-37(35)42-33-51-54(52-41-24-8-13-29-47(41)58(53(42)52)46-28-12-5-21-38(36)46)60(55-56-43-25-9-14-30-48(43)59(51)55)50-32-16-15-31-49(50)57-44-26-10-6-22-39(44)40-23-7-11-27-45(40)57/h1-33H. The first-order valence-corrected chi connectivity index (χ1v) is 20.6. The van der Waals surface area contributed by atoms with E-state index in [0.29, 0.717) is 0 Å². The molecule has 0 saturated carbocycles. The molecule has 0 amide bonds. The van der Waals surface area contributed by atoms with Gasteiger partial charge in [0.25, 0.3) is 0 Å². The summed E-state index contributed by atoms with van der Waals surface area (Å²) in [6.07, 6.45) is 0. The molecule has 0 radical (unpaired) electrons. The molecule has 0 aliphatic carbocycles. The highest BCUT2D eigenvalue weighted by atomic mass is 15.2. The van der Waals surface area contributed by atoms with E-state index in [2.05, 4.69) is 218 Å². The van der Waals surface area contributed by atoms with Crippen LogP contribution in [-0.4, -0.2) is 22.9 Å². The molecule has 14 rings (SSSR count). The zero-order valence-corrected chi connectivity index (χ0v) is 32.3. The van der Waals surface area contributed by atoms with Crippen LogP contribution in [0.3, 0.4) is 0 Å². The molecule has 9 aromatic carbocycles. The van der Waals surface area contributed by atoms with Crippen molar-refractivity contribution in [1.29, 1.82) is 0 Å². The molecule has 0 N–H and O–H groups in total. The van der Waals surface area contributed by atoms with Gasteiger partial charge in [-0.3, -0.25) is 8.97 Å². The molecule has 5 heteroatoms. The Kier molecular flexibility index (Phi) is 6.23. The first kappa shape index (κ1) is 31.9. The van der Waals surface area contributed by atoms with Gasteiger partial charge in [-0.1, -0.05) is 146 Å². The topological polar surface area (TPSA) is 31.6 Å². The zero-order chi connectivity index (χ0) is 39.1. The van der Waals surface area contributed by atoms with Gasteiger partial charge in [-0.05, 0) is 76.1 Å². The summed E-state index contributed by atoms with van der Waals surface area (Å²) in [5.41, 5.74) is 12.3. The van der Waals surface area contributed by atoms with Gasteiger partial charge in [0.1, 0.15) is 0 Å². The van der Waals surface area contributed by atoms with Gasteiger partial charge in [-0.15, -0.1) is 0 Å². The summed E-state index contributed by atoms with van der Waals surface area (Å²) in [4.78, 5) is 5.51. The molecule has 5 aromatic heterocycles. The fourth-order valence-electron chi connectivity index (χ4n) is 10.5. The normalized spacial score (nSPS) is 12.3. The second-order valence-corrected chi connectivity index (χ2v) is 15.9. The Labute approximate surface area is 342 Å². The first-order valence-electron chi connectivity index (χ1n) is 20.6. The monoisotopic (exact) mass is 763 g/mol. The van der Waals surface area contributed by atoms with E-state index in [1.165, 1.54) is 70.4 Å². The minimum Gasteiger partial charge on any atom is -0.308 e. The number of imidazole rings is 2. The first-order chi connectivity index (χ1) is 29.8. The van der Waals surface area contributed by atoms with E-state index < -0.39 is 0 Å². The summed E-state index contributed by atoms with van der Waals surface area (Å²) < 4.78 is 9.81. The van der Waals surface area contributed by atoms with E-state index in [0.717, 1.165) is 50.3 Å². The second-order valence-electron chi connectivity index (χ2n) is 15.9. The number of rotatable bonds is 2. The van der Waals surface area contributed by atoms with Gasteiger partial charge < -0.3 is 8.97 Å². The Morgan fingerprint density at radius 2 is 0.700 bits per heavy atom. The SMILES string of the molecule is c1ccc(-n2c3c4c5ccccc5n5c6ccccc6c6ccccc6c6ccccc6c(cc3n3c6ccccc6nc23)c45)c(-n2c3ccccc3c3ccccc32)c1. The van der Waals surface area contributed by atoms with E-state index >= 15 is 0 Å². The van der Waals surface area contributed by atoms with Crippen LogP contribution >= 0.6 is 0 Å². The molecule has 0 spiro atoms. The number of hydrogen-bond acceptors (Lipinski definition) is 1. The van der Waals surface area contributed by atoms with Crippen LogP contribution in [0.1, 0.15) is 0 Å². The number of benzene rings is 9. The number of nitrogens with zero attached hydrogens (tertiary/aromatic N) is 5. The Morgan fingerprint density at radius 3 is 1.32 bits per heavy atom. The zero-order valence-electron chi connectivity index (χ0n) is 32.3. The predicted molar refractivity (Wildman–Crippen MR) is 251 cm³/mol. The molecule has 0 aliphatic rings. The summed E-state index contributed by atoms with van der Waals surface area (Å²) in [5, 5.41) is 12.1. The van der Waals surface area contributed by atoms with E-state index in [1.54, 1.807) is 0 Å². The quantitative estimate of drug-likeness (QED) is 0.173. The van der Waals surface area contributed by atoms with Gasteiger partial charge in [0.2, 0.25) is 5.78 Å². The van der Waals surface area contributed by atoms with E-state index in [-0.39, 0.29) is 0 Å². The largest absolute Gasteiger partial charge is 0.308 e. The maximum Gasteiger partial charge on any atom is 0.220 e. The van der Waals surface area contributed by atoms with Gasteiger partial charge in [0, 0.05) is 32.3 Å². The smallest absolute Gasteiger partial charge is 0.220 e. The Hall–Kier alpha value is -8.15. The lowest BCUT2D eigenvalue weighted by atomic mass is 10.00. The average molecular weight is 764 g/mol. The van der Waals surface area contributed by atoms with Crippen molar-refractivity contribution in [3.05, 3.63) is 200 Å². The van der Waals surface area contributed by atoms with Crippen LogP contribution in [-0.2, 0) is 0 Å². The number of hydrogen-bond donors (Lipinski definition) is 0. The van der Waals surface area contributed by atoms with Crippen molar-refractivity contribution >= 4 is 109 Å². The van der Waals surface area contributed by atoms with Crippen LogP contribution < -0.4 is 0 Å². The van der Waals surface area contributed by atoms with Crippen molar-refractivity contribution in [3.8, 4) is 11.4 Å². The third-order valence-corrected chi connectivity index (χ3v) is 12.9. The van der Waals surface area contributed by atoms with Gasteiger partial charge in [-0.2, -0.15) is 0 Å². The molecule has 0 aliphatic heterocycles. The maximum atomic E-state index is 5.51. The van der Waals surface area contributed by atoms with E-state index in [9.17, 15) is 0 Å². The van der Waals surface area contributed by atoms with Gasteiger partial charge in [0.05, 0.1) is 61.0 Å². The number of fused-ring (bicyclic) bond motifs is 19. The van der Waals surface area contributed by atoms with Crippen molar-refractivity contribution in [2.24, 2.45) is 0 Å². The highest BCUT2D eigenvalue weighted by Gasteiger charge is 2.26. The lowest BCUT2D eigenvalue weighted by Gasteiger charge is -2.16. The highest BCUT2D eigenvalue weighted by molar-refractivity contribution is 6.31. The van der Waals surface area contributed by atoms with Crippen LogP contribution in [0.2, 0.25) is 0 Å². The molecule has 278 valence electrons. The van der Waals surface area contributed by atoms with E-state index in [1.807, 2.05) is 0 Å². The van der Waals surface area contributed by atoms with Crippen molar-refractivity contribution in [1.82, 2.24) is 22.9 Å². The molecule has 5 heterocycles.